The lowest BCUT2D eigenvalue weighted by Crippen LogP contribution is -2.59. The standard InChI is InChI=1S/C17H31N3O4/c1-16(2,3)15(24)20-10-6-8-12(20)13(22)19-17(4,5)14(23)18-9-7-11-21/h12,21H,6-11H2,1-5H3,(H,18,23)(H,19,22)/t12-/m0/s1. The Labute approximate surface area is 144 Å². The fourth-order valence-corrected chi connectivity index (χ4v) is 2.66. The summed E-state index contributed by atoms with van der Waals surface area (Å²) in [7, 11) is 0. The van der Waals surface area contributed by atoms with Crippen molar-refractivity contribution in [3.8, 4) is 0 Å². The number of aliphatic hydroxyl groups excluding tert-OH is 1. The van der Waals surface area contributed by atoms with Crippen molar-refractivity contribution in [1.29, 1.82) is 0 Å². The molecular weight excluding hydrogens is 310 g/mol. The molecule has 0 aromatic rings. The number of nitrogens with one attached hydrogen (secondary N) is 2. The summed E-state index contributed by atoms with van der Waals surface area (Å²) in [5.41, 5.74) is -1.62. The van der Waals surface area contributed by atoms with Crippen LogP contribution in [0.15, 0.2) is 0 Å². The first-order chi connectivity index (χ1) is 11.0. The van der Waals surface area contributed by atoms with Crippen LogP contribution in [0.2, 0.25) is 0 Å². The molecule has 0 radical (unpaired) electrons. The average molecular weight is 341 g/mol. The van der Waals surface area contributed by atoms with Crippen molar-refractivity contribution in [2.45, 2.75) is 65.5 Å². The molecule has 3 N–H and O–H groups in total. The summed E-state index contributed by atoms with van der Waals surface area (Å²) in [5, 5.41) is 14.2. The number of likely N-dealkylation sites (tertiary alicyclic amines) is 1. The van der Waals surface area contributed by atoms with Gasteiger partial charge in [0.15, 0.2) is 0 Å². The van der Waals surface area contributed by atoms with Crippen LogP contribution in [0, 0.1) is 5.41 Å². The van der Waals surface area contributed by atoms with Crippen LogP contribution >= 0.6 is 0 Å². The van der Waals surface area contributed by atoms with Gasteiger partial charge in [-0.25, -0.2) is 0 Å². The molecule has 7 nitrogen and oxygen atoms in total. The number of amides is 3. The third kappa shape index (κ3) is 5.19. The monoisotopic (exact) mass is 341 g/mol. The lowest BCUT2D eigenvalue weighted by molar-refractivity contribution is -0.145. The summed E-state index contributed by atoms with van der Waals surface area (Å²) < 4.78 is 0. The van der Waals surface area contributed by atoms with Crippen molar-refractivity contribution in [1.82, 2.24) is 15.5 Å². The molecule has 1 saturated heterocycles. The molecule has 0 bridgehead atoms. The largest absolute Gasteiger partial charge is 0.396 e. The van der Waals surface area contributed by atoms with Crippen LogP contribution in [0.5, 0.6) is 0 Å². The minimum absolute atomic E-state index is 0.000976. The Balaban J connectivity index is 2.71. The van der Waals surface area contributed by atoms with Crippen LogP contribution in [0.25, 0.3) is 0 Å². The van der Waals surface area contributed by atoms with Crippen LogP contribution in [0.4, 0.5) is 0 Å². The third-order valence-corrected chi connectivity index (χ3v) is 4.08. The van der Waals surface area contributed by atoms with E-state index in [4.69, 9.17) is 5.11 Å². The number of hydrogen-bond donors (Lipinski definition) is 3. The summed E-state index contributed by atoms with van der Waals surface area (Å²) in [6, 6.07) is -0.527. The maximum atomic E-state index is 12.6. The molecule has 1 atom stereocenters. The second-order valence-corrected chi connectivity index (χ2v) is 7.85. The smallest absolute Gasteiger partial charge is 0.245 e. The number of carbonyl (C=O) groups excluding carboxylic acids is 3. The maximum Gasteiger partial charge on any atom is 0.245 e. The van der Waals surface area contributed by atoms with Crippen LogP contribution in [-0.4, -0.2) is 59.0 Å². The van der Waals surface area contributed by atoms with Crippen molar-refractivity contribution in [3.63, 3.8) is 0 Å². The lowest BCUT2D eigenvalue weighted by Gasteiger charge is -2.32. The fourth-order valence-electron chi connectivity index (χ4n) is 2.66. The molecule has 1 aliphatic rings. The zero-order valence-corrected chi connectivity index (χ0v) is 15.4. The van der Waals surface area contributed by atoms with Gasteiger partial charge in [-0.15, -0.1) is 0 Å². The van der Waals surface area contributed by atoms with Crippen LogP contribution < -0.4 is 10.6 Å². The number of aliphatic hydroxyl groups is 1. The molecule has 0 spiro atoms. The molecule has 0 unspecified atom stereocenters. The van der Waals surface area contributed by atoms with E-state index >= 15 is 0 Å². The summed E-state index contributed by atoms with van der Waals surface area (Å²) in [6.45, 7) is 9.68. The highest BCUT2D eigenvalue weighted by molar-refractivity contribution is 5.95. The highest BCUT2D eigenvalue weighted by Crippen LogP contribution is 2.25. The van der Waals surface area contributed by atoms with Crippen LogP contribution in [0.1, 0.15) is 53.9 Å². The van der Waals surface area contributed by atoms with Crippen molar-refractivity contribution < 1.29 is 19.5 Å². The number of rotatable bonds is 6. The van der Waals surface area contributed by atoms with Gasteiger partial charge in [-0.1, -0.05) is 20.8 Å². The molecule has 7 heteroatoms. The molecule has 3 amide bonds. The highest BCUT2D eigenvalue weighted by atomic mass is 16.3. The Morgan fingerprint density at radius 1 is 1.17 bits per heavy atom. The Morgan fingerprint density at radius 2 is 1.79 bits per heavy atom. The molecule has 0 aliphatic carbocycles. The minimum Gasteiger partial charge on any atom is -0.396 e. The van der Waals surface area contributed by atoms with Gasteiger partial charge in [-0.3, -0.25) is 14.4 Å². The van der Waals surface area contributed by atoms with Gasteiger partial charge in [0, 0.05) is 25.1 Å². The van der Waals surface area contributed by atoms with E-state index in [1.807, 2.05) is 20.8 Å². The molecule has 24 heavy (non-hydrogen) atoms. The summed E-state index contributed by atoms with van der Waals surface area (Å²) in [4.78, 5) is 38.9. The molecule has 138 valence electrons. The summed E-state index contributed by atoms with van der Waals surface area (Å²) in [5.74, 6) is -0.659. The minimum atomic E-state index is -1.08. The molecule has 0 saturated carbocycles. The first-order valence-corrected chi connectivity index (χ1v) is 8.53. The first kappa shape index (κ1) is 20.4. The van der Waals surface area contributed by atoms with E-state index in [1.165, 1.54) is 0 Å². The summed E-state index contributed by atoms with van der Waals surface area (Å²) >= 11 is 0. The SMILES string of the molecule is CC(C)(C)C(=O)N1CCC[C@H]1C(=O)NC(C)(C)C(=O)NCCCO. The van der Waals surface area contributed by atoms with Crippen LogP contribution in [-0.2, 0) is 14.4 Å². The second kappa shape index (κ2) is 7.96. The molecule has 1 fully saturated rings. The topological polar surface area (TPSA) is 98.7 Å². The summed E-state index contributed by atoms with van der Waals surface area (Å²) in [6.07, 6.45) is 1.85. The Morgan fingerprint density at radius 3 is 2.33 bits per heavy atom. The van der Waals surface area contributed by atoms with E-state index in [1.54, 1.807) is 18.7 Å². The number of hydrogen-bond acceptors (Lipinski definition) is 4. The first-order valence-electron chi connectivity index (χ1n) is 8.53. The third-order valence-electron chi connectivity index (χ3n) is 4.08. The lowest BCUT2D eigenvalue weighted by atomic mass is 9.94. The highest BCUT2D eigenvalue weighted by Gasteiger charge is 2.40. The quantitative estimate of drug-likeness (QED) is 0.610. The molecule has 0 aromatic carbocycles. The van der Waals surface area contributed by atoms with E-state index in [-0.39, 0.29) is 24.3 Å². The fraction of sp³-hybridized carbons (Fsp3) is 0.824. The molecule has 0 aromatic heterocycles. The second-order valence-electron chi connectivity index (χ2n) is 7.85. The van der Waals surface area contributed by atoms with Gasteiger partial charge < -0.3 is 20.6 Å². The van der Waals surface area contributed by atoms with Gasteiger partial charge in [0.2, 0.25) is 17.7 Å². The zero-order chi connectivity index (χ0) is 18.5. The van der Waals surface area contributed by atoms with Gasteiger partial charge in [0.05, 0.1) is 0 Å². The van der Waals surface area contributed by atoms with E-state index in [9.17, 15) is 14.4 Å². The van der Waals surface area contributed by atoms with Gasteiger partial charge in [-0.2, -0.15) is 0 Å². The van der Waals surface area contributed by atoms with Crippen LogP contribution in [0.3, 0.4) is 0 Å². The van der Waals surface area contributed by atoms with Crippen molar-refractivity contribution in [3.05, 3.63) is 0 Å². The van der Waals surface area contributed by atoms with E-state index < -0.39 is 17.0 Å². The van der Waals surface area contributed by atoms with Crippen molar-refractivity contribution >= 4 is 17.7 Å². The van der Waals surface area contributed by atoms with Crippen molar-refractivity contribution in [2.75, 3.05) is 19.7 Å². The van der Waals surface area contributed by atoms with Gasteiger partial charge >= 0.3 is 0 Å². The molecule has 1 aliphatic heterocycles. The maximum absolute atomic E-state index is 12.6. The van der Waals surface area contributed by atoms with Gasteiger partial charge in [-0.05, 0) is 33.1 Å². The number of carbonyl (C=O) groups is 3. The predicted molar refractivity (Wildman–Crippen MR) is 91.1 cm³/mol. The molecular formula is C17H31N3O4. The van der Waals surface area contributed by atoms with Gasteiger partial charge in [0.25, 0.3) is 0 Å². The van der Waals surface area contributed by atoms with E-state index in [0.29, 0.717) is 25.9 Å². The van der Waals surface area contributed by atoms with Crippen molar-refractivity contribution in [2.24, 2.45) is 5.41 Å². The normalized spacial score (nSPS) is 18.4. The Kier molecular flexibility index (Phi) is 6.77. The van der Waals surface area contributed by atoms with E-state index in [2.05, 4.69) is 10.6 Å². The Hall–Kier alpha value is -1.63. The van der Waals surface area contributed by atoms with Gasteiger partial charge in [0.1, 0.15) is 11.6 Å². The number of nitrogens with zero attached hydrogens (tertiary/aromatic N) is 1. The Bertz CT molecular complexity index is 483. The predicted octanol–water partition coefficient (Wildman–Crippen LogP) is 0.417. The zero-order valence-electron chi connectivity index (χ0n) is 15.4. The molecule has 1 heterocycles. The molecule has 1 rings (SSSR count). The average Bonchev–Trinajstić information content (AvgIpc) is 2.94. The van der Waals surface area contributed by atoms with E-state index in [0.717, 1.165) is 6.42 Å².